The largest absolute Gasteiger partial charge is 0.399 e. The van der Waals surface area contributed by atoms with Crippen LogP contribution >= 0.6 is 0 Å². The number of nitrogen functional groups attached to an aromatic ring is 1. The monoisotopic (exact) mass is 415 g/mol. The fourth-order valence-corrected chi connectivity index (χ4v) is 4.10. The zero-order valence-electron chi connectivity index (χ0n) is 17.0. The van der Waals surface area contributed by atoms with E-state index in [-0.39, 0.29) is 10.8 Å². The summed E-state index contributed by atoms with van der Waals surface area (Å²) in [6.45, 7) is 6.11. The van der Waals surface area contributed by atoms with Crippen LogP contribution in [0.2, 0.25) is 0 Å². The Kier molecular flexibility index (Phi) is 5.97. The highest BCUT2D eigenvalue weighted by Gasteiger charge is 2.23. The number of hydrogen-bond donors (Lipinski definition) is 1. The van der Waals surface area contributed by atoms with Crippen LogP contribution in [0, 0.1) is 5.92 Å². The molecular formula is C20H25N5O3S. The van der Waals surface area contributed by atoms with Crippen LogP contribution in [0.5, 0.6) is 0 Å². The average molecular weight is 416 g/mol. The maximum absolute atomic E-state index is 12.2. The van der Waals surface area contributed by atoms with Gasteiger partial charge < -0.3 is 10.3 Å². The number of hydrogen-bond acceptors (Lipinski definition) is 8. The second-order valence-electron chi connectivity index (χ2n) is 7.47. The molecule has 8 nitrogen and oxygen atoms in total. The van der Waals surface area contributed by atoms with E-state index >= 15 is 0 Å². The highest BCUT2D eigenvalue weighted by molar-refractivity contribution is 7.90. The van der Waals surface area contributed by atoms with Crippen LogP contribution in [-0.2, 0) is 16.3 Å². The van der Waals surface area contributed by atoms with Gasteiger partial charge in [0.15, 0.2) is 9.84 Å². The molecule has 29 heavy (non-hydrogen) atoms. The van der Waals surface area contributed by atoms with Crippen molar-refractivity contribution in [2.24, 2.45) is 5.92 Å². The predicted octanol–water partition coefficient (Wildman–Crippen LogP) is 3.25. The molecule has 9 heteroatoms. The Hall–Kier alpha value is -2.81. The van der Waals surface area contributed by atoms with E-state index in [2.05, 4.69) is 34.0 Å². The van der Waals surface area contributed by atoms with E-state index in [1.165, 1.54) is 12.3 Å². The highest BCUT2D eigenvalue weighted by Crippen LogP contribution is 2.32. The lowest BCUT2D eigenvalue weighted by Gasteiger charge is -2.18. The molecule has 0 aliphatic heterocycles. The molecule has 0 spiro atoms. The van der Waals surface area contributed by atoms with Gasteiger partial charge in [0.1, 0.15) is 5.82 Å². The van der Waals surface area contributed by atoms with Crippen molar-refractivity contribution in [3.8, 4) is 11.4 Å². The van der Waals surface area contributed by atoms with Gasteiger partial charge in [-0.05, 0) is 36.1 Å². The van der Waals surface area contributed by atoms with Gasteiger partial charge in [0.25, 0.3) is 0 Å². The van der Waals surface area contributed by atoms with Gasteiger partial charge in [-0.15, -0.1) is 0 Å². The average Bonchev–Trinajstić information content (AvgIpc) is 3.10. The van der Waals surface area contributed by atoms with Crippen LogP contribution in [0.1, 0.15) is 50.4 Å². The quantitative estimate of drug-likeness (QED) is 0.583. The lowest BCUT2D eigenvalue weighted by Crippen LogP contribution is -2.11. The minimum absolute atomic E-state index is 0.239. The summed E-state index contributed by atoms with van der Waals surface area (Å²) < 4.78 is 29.7. The molecule has 3 rings (SSSR count). The van der Waals surface area contributed by atoms with E-state index in [0.717, 1.165) is 0 Å². The van der Waals surface area contributed by atoms with Crippen LogP contribution < -0.4 is 5.73 Å². The second kappa shape index (κ2) is 8.28. The van der Waals surface area contributed by atoms with Gasteiger partial charge in [-0.25, -0.2) is 18.4 Å². The lowest BCUT2D eigenvalue weighted by atomic mass is 9.95. The molecule has 2 heterocycles. The first-order valence-corrected chi connectivity index (χ1v) is 11.3. The number of sulfone groups is 1. The van der Waals surface area contributed by atoms with Crippen molar-refractivity contribution < 1.29 is 12.9 Å². The van der Waals surface area contributed by atoms with Crippen molar-refractivity contribution in [1.29, 1.82) is 0 Å². The Morgan fingerprint density at radius 1 is 1.17 bits per heavy atom. The molecule has 0 amide bonds. The molecule has 0 aliphatic carbocycles. The molecule has 0 saturated heterocycles. The molecule has 154 valence electrons. The summed E-state index contributed by atoms with van der Waals surface area (Å²) in [6, 6.07) is 4.80. The molecule has 3 aromatic rings. The molecule has 0 bridgehead atoms. The second-order valence-corrected chi connectivity index (χ2v) is 9.45. The maximum Gasteiger partial charge on any atom is 0.227 e. The van der Waals surface area contributed by atoms with Gasteiger partial charge in [0.2, 0.25) is 11.7 Å². The van der Waals surface area contributed by atoms with Crippen LogP contribution in [0.15, 0.2) is 40.0 Å². The molecule has 1 atom stereocenters. The van der Waals surface area contributed by atoms with Gasteiger partial charge in [0, 0.05) is 36.7 Å². The number of nitrogens with zero attached hydrogens (tertiary/aromatic N) is 4. The number of benzene rings is 1. The van der Waals surface area contributed by atoms with E-state index < -0.39 is 9.84 Å². The Morgan fingerprint density at radius 2 is 1.86 bits per heavy atom. The van der Waals surface area contributed by atoms with Gasteiger partial charge in [-0.2, -0.15) is 4.98 Å². The maximum atomic E-state index is 12.2. The van der Waals surface area contributed by atoms with E-state index in [9.17, 15) is 8.42 Å². The van der Waals surface area contributed by atoms with Gasteiger partial charge in [-0.3, -0.25) is 0 Å². The summed E-state index contributed by atoms with van der Waals surface area (Å²) in [5.41, 5.74) is 7.64. The molecule has 2 N–H and O–H groups in total. The molecule has 0 saturated carbocycles. The molecule has 1 aromatic carbocycles. The van der Waals surface area contributed by atoms with Crippen molar-refractivity contribution >= 4 is 15.5 Å². The molecule has 0 radical (unpaired) electrons. The van der Waals surface area contributed by atoms with Crippen molar-refractivity contribution in [1.82, 2.24) is 20.1 Å². The minimum Gasteiger partial charge on any atom is -0.399 e. The highest BCUT2D eigenvalue weighted by atomic mass is 32.2. The third-order valence-electron chi connectivity index (χ3n) is 4.51. The summed E-state index contributed by atoms with van der Waals surface area (Å²) in [7, 11) is -3.42. The molecule has 0 fully saturated rings. The number of aromatic nitrogens is 4. The summed E-state index contributed by atoms with van der Waals surface area (Å²) in [5, 5.41) is 3.99. The third-order valence-corrected chi connectivity index (χ3v) is 5.68. The van der Waals surface area contributed by atoms with Crippen LogP contribution in [-0.4, -0.2) is 34.8 Å². The van der Waals surface area contributed by atoms with Gasteiger partial charge in [-0.1, -0.05) is 25.9 Å². The first-order chi connectivity index (χ1) is 13.7. The number of rotatable bonds is 7. The lowest BCUT2D eigenvalue weighted by molar-refractivity contribution is 0.363. The smallest absolute Gasteiger partial charge is 0.227 e. The Balaban J connectivity index is 1.94. The number of nitrogens with two attached hydrogens (primary N) is 1. The van der Waals surface area contributed by atoms with Gasteiger partial charge >= 0.3 is 0 Å². The molecule has 2 aromatic heterocycles. The van der Waals surface area contributed by atoms with Crippen molar-refractivity contribution in [2.45, 2.75) is 44.4 Å². The molecule has 1 unspecified atom stereocenters. The zero-order chi connectivity index (χ0) is 21.2. The topological polar surface area (TPSA) is 125 Å². The molecule has 0 aliphatic rings. The number of anilines is 1. The minimum atomic E-state index is -3.42. The Labute approximate surface area is 170 Å². The normalized spacial score (nSPS) is 13.0. The Bertz CT molecular complexity index is 1090. The van der Waals surface area contributed by atoms with E-state index in [1.807, 2.05) is 6.92 Å². The SMILES string of the molecule is CCC(c1ncc(-c2noc(CC(C)C)n2)cn1)c1cc(N)ccc1S(C)(=O)=O. The standard InChI is InChI=1S/C20H25N5O3S/c1-5-15(16-9-14(21)6-7-17(16)29(4,26)27)20-22-10-13(11-23-20)19-24-18(28-25-19)8-12(2)3/h6-7,9-12,15H,5,8,21H2,1-4H3. The van der Waals surface area contributed by atoms with E-state index in [1.54, 1.807) is 24.5 Å². The van der Waals surface area contributed by atoms with E-state index in [0.29, 0.717) is 53.1 Å². The van der Waals surface area contributed by atoms with Crippen molar-refractivity contribution in [3.05, 3.63) is 47.9 Å². The van der Waals surface area contributed by atoms with Crippen molar-refractivity contribution in [3.63, 3.8) is 0 Å². The van der Waals surface area contributed by atoms with Crippen LogP contribution in [0.4, 0.5) is 5.69 Å². The summed E-state index contributed by atoms with van der Waals surface area (Å²) in [5.74, 6) is 1.62. The zero-order valence-corrected chi connectivity index (χ0v) is 17.8. The van der Waals surface area contributed by atoms with Crippen LogP contribution in [0.25, 0.3) is 11.4 Å². The summed E-state index contributed by atoms with van der Waals surface area (Å²) in [6.07, 6.45) is 5.76. The summed E-state index contributed by atoms with van der Waals surface area (Å²) >= 11 is 0. The first-order valence-electron chi connectivity index (χ1n) is 9.43. The Morgan fingerprint density at radius 3 is 2.45 bits per heavy atom. The third kappa shape index (κ3) is 4.79. The molecular weight excluding hydrogens is 390 g/mol. The van der Waals surface area contributed by atoms with Gasteiger partial charge in [0.05, 0.1) is 10.5 Å². The van der Waals surface area contributed by atoms with Crippen molar-refractivity contribution in [2.75, 3.05) is 12.0 Å². The fourth-order valence-electron chi connectivity index (χ4n) is 3.16. The summed E-state index contributed by atoms with van der Waals surface area (Å²) in [4.78, 5) is 13.5. The van der Waals surface area contributed by atoms with E-state index in [4.69, 9.17) is 10.3 Å². The van der Waals surface area contributed by atoms with Crippen LogP contribution in [0.3, 0.4) is 0 Å². The first kappa shape index (κ1) is 20.9. The predicted molar refractivity (Wildman–Crippen MR) is 110 cm³/mol. The fraction of sp³-hybridized carbons (Fsp3) is 0.400.